The average molecular weight is 398 g/mol. The van der Waals surface area contributed by atoms with Crippen LogP contribution in [0.25, 0.3) is 0 Å². The number of carbonyl (C=O) groups excluding carboxylic acids is 2. The first-order valence-electron chi connectivity index (χ1n) is 10.4. The van der Waals surface area contributed by atoms with Gasteiger partial charge in [0, 0.05) is 29.0 Å². The van der Waals surface area contributed by atoms with E-state index in [1.54, 1.807) is 0 Å². The summed E-state index contributed by atoms with van der Waals surface area (Å²) in [5, 5.41) is 3.36. The summed E-state index contributed by atoms with van der Waals surface area (Å²) in [4.78, 5) is 26.3. The molecule has 1 N–H and O–H groups in total. The maximum atomic E-state index is 13.3. The van der Waals surface area contributed by atoms with Crippen LogP contribution in [0.3, 0.4) is 0 Å². The molecule has 0 amide bonds. The number of para-hydroxylation sites is 1. The molecule has 1 heterocycles. The summed E-state index contributed by atoms with van der Waals surface area (Å²) >= 11 is 0. The number of dihydropyridines is 1. The quantitative estimate of drug-likeness (QED) is 0.708. The van der Waals surface area contributed by atoms with Crippen molar-refractivity contribution in [2.24, 2.45) is 5.41 Å². The minimum atomic E-state index is -0.484. The van der Waals surface area contributed by atoms with E-state index in [4.69, 9.17) is 9.47 Å². The Hall–Kier alpha value is -2.56. The summed E-state index contributed by atoms with van der Waals surface area (Å²) in [5.41, 5.74) is 3.54. The highest BCUT2D eigenvalue weighted by Crippen LogP contribution is 2.48. The summed E-state index contributed by atoms with van der Waals surface area (Å²) < 4.78 is 11.4. The number of allylic oxidation sites excluding steroid dienone is 3. The molecule has 0 radical (unpaired) electrons. The molecule has 5 heteroatoms. The van der Waals surface area contributed by atoms with E-state index in [0.29, 0.717) is 36.5 Å². The van der Waals surface area contributed by atoms with Crippen molar-refractivity contribution < 1.29 is 19.1 Å². The normalized spacial score (nSPS) is 20.9. The van der Waals surface area contributed by atoms with Gasteiger partial charge in [0.05, 0.1) is 24.7 Å². The molecule has 1 unspecified atom stereocenters. The molecule has 0 saturated heterocycles. The van der Waals surface area contributed by atoms with E-state index in [1.165, 1.54) is 0 Å². The standard InChI is InChI=1S/C24H31NO4/c1-6-12-29-23(27)20-15(3)25-17-13-24(4,5)14-18(26)22(17)21(20)16-10-8-9-11-19(16)28-7-2/h8-11,21,25H,6-7,12-14H2,1-5H3. The van der Waals surface area contributed by atoms with Gasteiger partial charge in [0.1, 0.15) is 5.75 Å². The van der Waals surface area contributed by atoms with Gasteiger partial charge in [-0.1, -0.05) is 39.0 Å². The lowest BCUT2D eigenvalue weighted by atomic mass is 9.68. The Labute approximate surface area is 173 Å². The van der Waals surface area contributed by atoms with Gasteiger partial charge in [0.2, 0.25) is 0 Å². The van der Waals surface area contributed by atoms with Crippen LogP contribution < -0.4 is 10.1 Å². The highest BCUT2D eigenvalue weighted by molar-refractivity contribution is 6.04. The van der Waals surface area contributed by atoms with Gasteiger partial charge in [-0.3, -0.25) is 4.79 Å². The van der Waals surface area contributed by atoms with Crippen LogP contribution in [-0.4, -0.2) is 25.0 Å². The third-order valence-electron chi connectivity index (χ3n) is 5.43. The first kappa shape index (κ1) is 21.2. The smallest absolute Gasteiger partial charge is 0.336 e. The minimum Gasteiger partial charge on any atom is -0.494 e. The Morgan fingerprint density at radius 2 is 1.93 bits per heavy atom. The first-order chi connectivity index (χ1) is 13.8. The molecule has 0 aromatic heterocycles. The molecular weight excluding hydrogens is 366 g/mol. The molecule has 1 aromatic rings. The number of carbonyl (C=O) groups is 2. The van der Waals surface area contributed by atoms with Crippen LogP contribution in [-0.2, 0) is 14.3 Å². The Kier molecular flexibility index (Phi) is 6.15. The Bertz CT molecular complexity index is 879. The number of hydrogen-bond donors (Lipinski definition) is 1. The van der Waals surface area contributed by atoms with Crippen molar-refractivity contribution in [3.8, 4) is 5.75 Å². The zero-order valence-electron chi connectivity index (χ0n) is 18.1. The number of Topliss-reactive ketones (excluding diaryl/α,β-unsaturated/α-hetero) is 1. The number of ketones is 1. The van der Waals surface area contributed by atoms with Crippen LogP contribution in [0.4, 0.5) is 0 Å². The molecule has 29 heavy (non-hydrogen) atoms. The molecule has 2 aliphatic rings. The molecule has 0 spiro atoms. The van der Waals surface area contributed by atoms with E-state index < -0.39 is 5.92 Å². The topological polar surface area (TPSA) is 64.6 Å². The van der Waals surface area contributed by atoms with Gasteiger partial charge in [-0.15, -0.1) is 0 Å². The van der Waals surface area contributed by atoms with Gasteiger partial charge in [-0.05, 0) is 38.2 Å². The second kappa shape index (κ2) is 8.44. The molecule has 156 valence electrons. The van der Waals surface area contributed by atoms with Crippen LogP contribution in [0.15, 0.2) is 46.8 Å². The second-order valence-electron chi connectivity index (χ2n) is 8.54. The summed E-state index contributed by atoms with van der Waals surface area (Å²) in [6.45, 7) is 10.8. The van der Waals surface area contributed by atoms with Gasteiger partial charge >= 0.3 is 5.97 Å². The number of rotatable bonds is 6. The number of hydrogen-bond acceptors (Lipinski definition) is 5. The summed E-state index contributed by atoms with van der Waals surface area (Å²) in [5.74, 6) is -0.0902. The van der Waals surface area contributed by atoms with Crippen molar-refractivity contribution >= 4 is 11.8 Å². The van der Waals surface area contributed by atoms with Crippen LogP contribution in [0.2, 0.25) is 0 Å². The molecule has 1 aromatic carbocycles. The molecular formula is C24H31NO4. The molecule has 0 saturated carbocycles. The van der Waals surface area contributed by atoms with E-state index >= 15 is 0 Å². The highest BCUT2D eigenvalue weighted by Gasteiger charge is 2.43. The van der Waals surface area contributed by atoms with Crippen LogP contribution in [0.1, 0.15) is 65.4 Å². The lowest BCUT2D eigenvalue weighted by Crippen LogP contribution is -2.38. The van der Waals surface area contributed by atoms with Crippen molar-refractivity contribution in [3.63, 3.8) is 0 Å². The second-order valence-corrected chi connectivity index (χ2v) is 8.54. The molecule has 1 atom stereocenters. The fourth-order valence-electron chi connectivity index (χ4n) is 4.30. The molecule has 0 bridgehead atoms. The predicted molar refractivity (Wildman–Crippen MR) is 112 cm³/mol. The van der Waals surface area contributed by atoms with Crippen molar-refractivity contribution in [3.05, 3.63) is 52.4 Å². The number of benzene rings is 1. The largest absolute Gasteiger partial charge is 0.494 e. The van der Waals surface area contributed by atoms with Gasteiger partial charge in [-0.2, -0.15) is 0 Å². The van der Waals surface area contributed by atoms with E-state index in [2.05, 4.69) is 19.2 Å². The zero-order valence-corrected chi connectivity index (χ0v) is 18.1. The number of nitrogens with one attached hydrogen (secondary N) is 1. The maximum absolute atomic E-state index is 13.3. The number of esters is 1. The minimum absolute atomic E-state index is 0.0772. The van der Waals surface area contributed by atoms with E-state index in [1.807, 2.05) is 45.0 Å². The van der Waals surface area contributed by atoms with E-state index in [-0.39, 0.29) is 17.2 Å². The van der Waals surface area contributed by atoms with Crippen LogP contribution in [0, 0.1) is 5.41 Å². The van der Waals surface area contributed by atoms with Gasteiger partial charge < -0.3 is 14.8 Å². The SMILES string of the molecule is CCCOC(=O)C1=C(C)NC2=C(C(=O)CC(C)(C)C2)C1c1ccccc1OCC. The Morgan fingerprint density at radius 3 is 2.62 bits per heavy atom. The summed E-state index contributed by atoms with van der Waals surface area (Å²) in [6, 6.07) is 7.66. The van der Waals surface area contributed by atoms with Crippen LogP contribution >= 0.6 is 0 Å². The van der Waals surface area contributed by atoms with Crippen molar-refractivity contribution in [2.45, 2.75) is 59.8 Å². The fraction of sp³-hybridized carbons (Fsp3) is 0.500. The molecule has 1 aliphatic heterocycles. The Balaban J connectivity index is 2.18. The monoisotopic (exact) mass is 397 g/mol. The fourth-order valence-corrected chi connectivity index (χ4v) is 4.30. The number of ether oxygens (including phenoxy) is 2. The molecule has 3 rings (SSSR count). The lowest BCUT2D eigenvalue weighted by molar-refractivity contribution is -0.139. The van der Waals surface area contributed by atoms with Crippen molar-refractivity contribution in [1.29, 1.82) is 0 Å². The van der Waals surface area contributed by atoms with Crippen LogP contribution in [0.5, 0.6) is 5.75 Å². The Morgan fingerprint density at radius 1 is 1.21 bits per heavy atom. The van der Waals surface area contributed by atoms with Gasteiger partial charge in [0.15, 0.2) is 5.78 Å². The highest BCUT2D eigenvalue weighted by atomic mass is 16.5. The molecule has 5 nitrogen and oxygen atoms in total. The first-order valence-corrected chi connectivity index (χ1v) is 10.4. The predicted octanol–water partition coefficient (Wildman–Crippen LogP) is 4.64. The maximum Gasteiger partial charge on any atom is 0.336 e. The summed E-state index contributed by atoms with van der Waals surface area (Å²) in [7, 11) is 0. The van der Waals surface area contributed by atoms with E-state index in [9.17, 15) is 9.59 Å². The van der Waals surface area contributed by atoms with Gasteiger partial charge in [0.25, 0.3) is 0 Å². The van der Waals surface area contributed by atoms with Gasteiger partial charge in [-0.25, -0.2) is 4.79 Å². The van der Waals surface area contributed by atoms with E-state index in [0.717, 1.165) is 29.8 Å². The third kappa shape index (κ3) is 4.24. The lowest BCUT2D eigenvalue weighted by Gasteiger charge is -2.39. The molecule has 0 fully saturated rings. The zero-order chi connectivity index (χ0) is 21.2. The summed E-state index contributed by atoms with van der Waals surface area (Å²) in [6.07, 6.45) is 1.96. The molecule has 1 aliphatic carbocycles. The third-order valence-corrected chi connectivity index (χ3v) is 5.43. The van der Waals surface area contributed by atoms with Crippen molar-refractivity contribution in [2.75, 3.05) is 13.2 Å². The average Bonchev–Trinajstić information content (AvgIpc) is 2.64. The van der Waals surface area contributed by atoms with Crippen molar-refractivity contribution in [1.82, 2.24) is 5.32 Å².